The molecule has 0 spiro atoms. The molecular formula is C16H18F3N5O2. The van der Waals surface area contributed by atoms with Crippen molar-refractivity contribution in [2.75, 3.05) is 13.1 Å². The van der Waals surface area contributed by atoms with E-state index in [1.807, 2.05) is 0 Å². The van der Waals surface area contributed by atoms with Crippen LogP contribution in [0.15, 0.2) is 41.7 Å². The van der Waals surface area contributed by atoms with Gasteiger partial charge < -0.3 is 10.6 Å². The van der Waals surface area contributed by atoms with Gasteiger partial charge in [0.25, 0.3) is 0 Å². The van der Waals surface area contributed by atoms with E-state index in [0.717, 1.165) is 21.4 Å². The Hall–Kier alpha value is -3.04. The van der Waals surface area contributed by atoms with Gasteiger partial charge >= 0.3 is 17.9 Å². The molecule has 2 aromatic rings. The first-order chi connectivity index (χ1) is 12.2. The number of alkyl halides is 3. The first-order valence-electron chi connectivity index (χ1n) is 7.68. The van der Waals surface area contributed by atoms with Crippen LogP contribution in [0.3, 0.4) is 0 Å². The Kier molecular flexibility index (Phi) is 5.86. The van der Waals surface area contributed by atoms with Crippen LogP contribution in [0.5, 0.6) is 0 Å². The number of nitrogens with zero attached hydrogens (tertiary/aromatic N) is 3. The van der Waals surface area contributed by atoms with Crippen molar-refractivity contribution < 1.29 is 18.0 Å². The van der Waals surface area contributed by atoms with Gasteiger partial charge in [-0.25, -0.2) is 14.3 Å². The summed E-state index contributed by atoms with van der Waals surface area (Å²) < 4.78 is 40.8. The molecule has 0 unspecified atom stereocenters. The van der Waals surface area contributed by atoms with Crippen molar-refractivity contribution in [2.45, 2.75) is 12.7 Å². The van der Waals surface area contributed by atoms with Crippen LogP contribution in [-0.2, 0) is 19.8 Å². The molecule has 0 atom stereocenters. The average Bonchev–Trinajstić information content (AvgIpc) is 2.88. The maximum atomic E-state index is 12.9. The van der Waals surface area contributed by atoms with Gasteiger partial charge in [-0.1, -0.05) is 18.2 Å². The quantitative estimate of drug-likeness (QED) is 0.762. The summed E-state index contributed by atoms with van der Waals surface area (Å²) in [7, 11) is 1.42. The number of carbonyl (C=O) groups excluding carboxylic acids is 1. The first-order valence-corrected chi connectivity index (χ1v) is 7.68. The van der Waals surface area contributed by atoms with E-state index in [-0.39, 0.29) is 24.5 Å². The fourth-order valence-electron chi connectivity index (χ4n) is 2.22. The summed E-state index contributed by atoms with van der Waals surface area (Å²) in [5.41, 5.74) is -1.14. The summed E-state index contributed by atoms with van der Waals surface area (Å²) in [6, 6.07) is 4.17. The molecule has 0 saturated heterocycles. The first kappa shape index (κ1) is 19.3. The molecule has 0 bridgehead atoms. The molecule has 2 N–H and O–H groups in total. The molecule has 7 nitrogen and oxygen atoms in total. The van der Waals surface area contributed by atoms with Crippen LogP contribution in [0.1, 0.15) is 5.56 Å². The van der Waals surface area contributed by atoms with E-state index in [4.69, 9.17) is 0 Å². The number of halogens is 3. The minimum absolute atomic E-state index is 0.0765. The predicted octanol–water partition coefficient (Wildman–Crippen LogP) is 1.75. The van der Waals surface area contributed by atoms with Crippen LogP contribution in [0.2, 0.25) is 0 Å². The third kappa shape index (κ3) is 4.52. The van der Waals surface area contributed by atoms with Gasteiger partial charge in [0.05, 0.1) is 12.1 Å². The second-order valence-corrected chi connectivity index (χ2v) is 5.39. The zero-order valence-corrected chi connectivity index (χ0v) is 14.0. The van der Waals surface area contributed by atoms with Gasteiger partial charge in [-0.15, -0.1) is 11.7 Å². The Morgan fingerprint density at radius 3 is 2.73 bits per heavy atom. The Bertz CT molecular complexity index is 854. The molecule has 0 aliphatic heterocycles. The normalized spacial score (nSPS) is 11.2. The number of nitrogens with one attached hydrogen (secondary N) is 2. The van der Waals surface area contributed by atoms with Gasteiger partial charge in [-0.2, -0.15) is 13.2 Å². The van der Waals surface area contributed by atoms with Crippen LogP contribution < -0.4 is 16.3 Å². The fourth-order valence-corrected chi connectivity index (χ4v) is 2.22. The standard InChI is InChI=1S/C16H18F3N5O2/c1-3-7-20-14(25)21-8-9-24-15(26)23(2)13(22-24)11-5-4-6-12(10-11)16(17,18)19/h3-6,10H,1,7-9H2,2H3,(H2,20,21,25). The van der Waals surface area contributed by atoms with Crippen molar-refractivity contribution in [2.24, 2.45) is 7.05 Å². The molecule has 2 rings (SSSR count). The average molecular weight is 369 g/mol. The molecule has 0 radical (unpaired) electrons. The summed E-state index contributed by atoms with van der Waals surface area (Å²) in [5, 5.41) is 9.12. The highest BCUT2D eigenvalue weighted by molar-refractivity contribution is 5.73. The van der Waals surface area contributed by atoms with E-state index in [1.54, 1.807) is 0 Å². The Morgan fingerprint density at radius 1 is 1.35 bits per heavy atom. The van der Waals surface area contributed by atoms with Crippen molar-refractivity contribution >= 4 is 6.03 Å². The largest absolute Gasteiger partial charge is 0.416 e. The van der Waals surface area contributed by atoms with E-state index in [9.17, 15) is 22.8 Å². The zero-order valence-electron chi connectivity index (χ0n) is 14.0. The highest BCUT2D eigenvalue weighted by Gasteiger charge is 2.30. The summed E-state index contributed by atoms with van der Waals surface area (Å²) >= 11 is 0. The number of carbonyl (C=O) groups is 1. The van der Waals surface area contributed by atoms with Crippen LogP contribution in [0, 0.1) is 0 Å². The molecule has 0 aliphatic rings. The van der Waals surface area contributed by atoms with E-state index < -0.39 is 23.5 Å². The lowest BCUT2D eigenvalue weighted by atomic mass is 10.1. The minimum atomic E-state index is -4.49. The number of benzene rings is 1. The SMILES string of the molecule is C=CCNC(=O)NCCn1nc(-c2cccc(C(F)(F)F)c2)n(C)c1=O. The lowest BCUT2D eigenvalue weighted by molar-refractivity contribution is -0.137. The summed E-state index contributed by atoms with van der Waals surface area (Å²) in [4.78, 5) is 23.6. The Labute approximate surface area is 147 Å². The van der Waals surface area contributed by atoms with E-state index in [2.05, 4.69) is 22.3 Å². The summed E-state index contributed by atoms with van der Waals surface area (Å²) in [6.07, 6.45) is -2.97. The molecule has 140 valence electrons. The van der Waals surface area contributed by atoms with Gasteiger partial charge in [0.1, 0.15) is 0 Å². The van der Waals surface area contributed by atoms with Crippen molar-refractivity contribution in [3.05, 3.63) is 53.0 Å². The third-order valence-corrected chi connectivity index (χ3v) is 3.51. The number of aromatic nitrogens is 3. The van der Waals surface area contributed by atoms with Gasteiger partial charge in [0.15, 0.2) is 5.82 Å². The van der Waals surface area contributed by atoms with Crippen LogP contribution in [0.25, 0.3) is 11.4 Å². The summed E-state index contributed by atoms with van der Waals surface area (Å²) in [6.45, 7) is 3.97. The highest BCUT2D eigenvalue weighted by atomic mass is 19.4. The molecule has 26 heavy (non-hydrogen) atoms. The maximum Gasteiger partial charge on any atom is 0.416 e. The Morgan fingerprint density at radius 2 is 2.08 bits per heavy atom. The maximum absolute atomic E-state index is 12.9. The molecule has 0 fully saturated rings. The van der Waals surface area contributed by atoms with E-state index in [0.29, 0.717) is 6.54 Å². The molecule has 1 aromatic carbocycles. The number of hydrogen-bond donors (Lipinski definition) is 2. The van der Waals surface area contributed by atoms with Crippen molar-refractivity contribution in [3.63, 3.8) is 0 Å². The lowest BCUT2D eigenvalue weighted by Gasteiger charge is -2.08. The second-order valence-electron chi connectivity index (χ2n) is 5.39. The van der Waals surface area contributed by atoms with Gasteiger partial charge in [0.2, 0.25) is 0 Å². The number of rotatable bonds is 6. The lowest BCUT2D eigenvalue weighted by Crippen LogP contribution is -2.38. The minimum Gasteiger partial charge on any atom is -0.336 e. The van der Waals surface area contributed by atoms with Crippen LogP contribution in [0.4, 0.5) is 18.0 Å². The van der Waals surface area contributed by atoms with E-state index in [1.165, 1.54) is 25.3 Å². The number of hydrogen-bond acceptors (Lipinski definition) is 3. The molecule has 1 aromatic heterocycles. The smallest absolute Gasteiger partial charge is 0.336 e. The zero-order chi connectivity index (χ0) is 19.3. The molecule has 0 saturated carbocycles. The third-order valence-electron chi connectivity index (χ3n) is 3.51. The highest BCUT2D eigenvalue weighted by Crippen LogP contribution is 2.31. The van der Waals surface area contributed by atoms with Crippen LogP contribution in [-0.4, -0.2) is 33.5 Å². The van der Waals surface area contributed by atoms with Gasteiger partial charge in [-0.05, 0) is 12.1 Å². The fraction of sp³-hybridized carbons (Fsp3) is 0.312. The monoisotopic (exact) mass is 369 g/mol. The molecular weight excluding hydrogens is 351 g/mol. The number of urea groups is 1. The topological polar surface area (TPSA) is 81.0 Å². The van der Waals surface area contributed by atoms with Crippen molar-refractivity contribution in [1.82, 2.24) is 25.0 Å². The molecule has 0 aliphatic carbocycles. The molecule has 1 heterocycles. The second kappa shape index (κ2) is 7.89. The van der Waals surface area contributed by atoms with Gasteiger partial charge in [-0.3, -0.25) is 4.57 Å². The summed E-state index contributed by atoms with van der Waals surface area (Å²) in [5.74, 6) is 0.109. The Balaban J connectivity index is 2.16. The van der Waals surface area contributed by atoms with Crippen molar-refractivity contribution in [3.8, 4) is 11.4 Å². The molecule has 2 amide bonds. The van der Waals surface area contributed by atoms with Crippen molar-refractivity contribution in [1.29, 1.82) is 0 Å². The van der Waals surface area contributed by atoms with Crippen LogP contribution >= 0.6 is 0 Å². The predicted molar refractivity (Wildman–Crippen MR) is 89.5 cm³/mol. The van der Waals surface area contributed by atoms with Gasteiger partial charge in [0, 0.05) is 25.7 Å². The molecule has 10 heteroatoms. The number of amides is 2. The van der Waals surface area contributed by atoms with E-state index >= 15 is 0 Å².